The highest BCUT2D eigenvalue weighted by Gasteiger charge is 2.42. The standard InChI is InChI=1S/C28H36ClN3O5/c1-4-27-30-10-12-32(27)13-14-36-25-16-21(6-8-23(25)35-3)17-31-11-9-26(33)28(34,18-31)19-37-24-15-20(2)5-7-22(24)29/h5-8,10,12,15-16,26,33-34H,4,9,11,13-14,17-19H2,1-3H3/t26-,28-/m0/s1. The average Bonchev–Trinajstić information content (AvgIpc) is 3.35. The number of halogens is 1. The summed E-state index contributed by atoms with van der Waals surface area (Å²) >= 11 is 6.25. The predicted molar refractivity (Wildman–Crippen MR) is 143 cm³/mol. The van der Waals surface area contributed by atoms with Gasteiger partial charge in [-0.1, -0.05) is 30.7 Å². The average molecular weight is 530 g/mol. The van der Waals surface area contributed by atoms with Crippen LogP contribution in [0.5, 0.6) is 17.2 Å². The van der Waals surface area contributed by atoms with Crippen molar-refractivity contribution in [1.82, 2.24) is 14.5 Å². The normalized spacial score (nSPS) is 20.1. The minimum absolute atomic E-state index is 0.0567. The van der Waals surface area contributed by atoms with E-state index in [1.165, 1.54) is 0 Å². The lowest BCUT2D eigenvalue weighted by atomic mass is 9.90. The van der Waals surface area contributed by atoms with E-state index in [-0.39, 0.29) is 13.2 Å². The van der Waals surface area contributed by atoms with E-state index in [4.69, 9.17) is 25.8 Å². The van der Waals surface area contributed by atoms with Gasteiger partial charge in [0.25, 0.3) is 0 Å². The van der Waals surface area contributed by atoms with Crippen LogP contribution < -0.4 is 14.2 Å². The lowest BCUT2D eigenvalue weighted by Gasteiger charge is -2.42. The number of imidazole rings is 1. The smallest absolute Gasteiger partial charge is 0.161 e. The molecule has 3 aromatic rings. The minimum Gasteiger partial charge on any atom is -0.493 e. The fraction of sp³-hybridized carbons (Fsp3) is 0.464. The molecule has 0 amide bonds. The van der Waals surface area contributed by atoms with Gasteiger partial charge in [0.1, 0.15) is 30.4 Å². The van der Waals surface area contributed by atoms with Crippen LogP contribution in [0, 0.1) is 6.92 Å². The number of rotatable bonds is 11. The number of aliphatic hydroxyl groups is 2. The van der Waals surface area contributed by atoms with Crippen molar-refractivity contribution in [2.45, 2.75) is 51.5 Å². The largest absolute Gasteiger partial charge is 0.493 e. The number of hydrogen-bond donors (Lipinski definition) is 2. The number of piperidine rings is 1. The SMILES string of the molecule is CCc1nccn1CCOc1cc(CN2CC[C@H](O)[C@@](O)(COc3cc(C)ccc3Cl)C2)ccc1OC. The monoisotopic (exact) mass is 529 g/mol. The predicted octanol–water partition coefficient (Wildman–Crippen LogP) is 3.87. The number of benzene rings is 2. The Balaban J connectivity index is 1.39. The van der Waals surface area contributed by atoms with Crippen molar-refractivity contribution in [3.05, 3.63) is 70.8 Å². The lowest BCUT2D eigenvalue weighted by molar-refractivity contribution is -0.140. The summed E-state index contributed by atoms with van der Waals surface area (Å²) in [4.78, 5) is 6.46. The molecule has 0 aliphatic carbocycles. The van der Waals surface area contributed by atoms with Crippen molar-refractivity contribution in [3.8, 4) is 17.2 Å². The van der Waals surface area contributed by atoms with Crippen LogP contribution in [0.2, 0.25) is 5.02 Å². The summed E-state index contributed by atoms with van der Waals surface area (Å²) in [5.41, 5.74) is 0.610. The Bertz CT molecular complexity index is 1190. The van der Waals surface area contributed by atoms with Crippen molar-refractivity contribution in [2.75, 3.05) is 33.4 Å². The highest BCUT2D eigenvalue weighted by molar-refractivity contribution is 6.32. The van der Waals surface area contributed by atoms with Crippen LogP contribution in [0.4, 0.5) is 0 Å². The molecule has 2 aromatic carbocycles. The molecule has 1 aliphatic heterocycles. The number of methoxy groups -OCH3 is 1. The van der Waals surface area contributed by atoms with E-state index >= 15 is 0 Å². The maximum Gasteiger partial charge on any atom is 0.161 e. The van der Waals surface area contributed by atoms with Gasteiger partial charge in [-0.2, -0.15) is 0 Å². The van der Waals surface area contributed by atoms with Crippen LogP contribution in [0.15, 0.2) is 48.8 Å². The molecule has 0 bridgehead atoms. The zero-order chi connectivity index (χ0) is 26.4. The van der Waals surface area contributed by atoms with Crippen LogP contribution in [-0.4, -0.2) is 69.8 Å². The third-order valence-electron chi connectivity index (χ3n) is 6.74. The molecule has 1 aliphatic rings. The van der Waals surface area contributed by atoms with E-state index < -0.39 is 11.7 Å². The van der Waals surface area contributed by atoms with Crippen LogP contribution >= 0.6 is 11.6 Å². The molecule has 4 rings (SSSR count). The number of aromatic nitrogens is 2. The van der Waals surface area contributed by atoms with E-state index in [0.29, 0.717) is 54.9 Å². The number of aryl methyl sites for hydroxylation is 2. The molecule has 0 spiro atoms. The van der Waals surface area contributed by atoms with Crippen LogP contribution in [0.3, 0.4) is 0 Å². The lowest BCUT2D eigenvalue weighted by Crippen LogP contribution is -2.59. The van der Waals surface area contributed by atoms with Gasteiger partial charge in [0, 0.05) is 38.4 Å². The van der Waals surface area contributed by atoms with Gasteiger partial charge in [0.05, 0.1) is 24.8 Å². The Morgan fingerprint density at radius 3 is 2.76 bits per heavy atom. The number of aliphatic hydroxyl groups excluding tert-OH is 1. The summed E-state index contributed by atoms with van der Waals surface area (Å²) in [6.07, 6.45) is 4.17. The van der Waals surface area contributed by atoms with Crippen molar-refractivity contribution in [2.24, 2.45) is 0 Å². The maximum absolute atomic E-state index is 11.3. The molecular weight excluding hydrogens is 494 g/mol. The number of likely N-dealkylation sites (tertiary alicyclic amines) is 1. The molecule has 2 N–H and O–H groups in total. The fourth-order valence-corrected chi connectivity index (χ4v) is 4.82. The van der Waals surface area contributed by atoms with E-state index in [9.17, 15) is 10.2 Å². The minimum atomic E-state index is -1.42. The summed E-state index contributed by atoms with van der Waals surface area (Å²) in [5.74, 6) is 2.86. The molecular formula is C28H36ClN3O5. The van der Waals surface area contributed by atoms with Gasteiger partial charge >= 0.3 is 0 Å². The molecule has 2 heterocycles. The number of ether oxygens (including phenoxy) is 3. The molecule has 0 saturated carbocycles. The summed E-state index contributed by atoms with van der Waals surface area (Å²) in [6.45, 7) is 6.65. The maximum atomic E-state index is 11.3. The van der Waals surface area contributed by atoms with Crippen LogP contribution in [0.1, 0.15) is 30.3 Å². The van der Waals surface area contributed by atoms with E-state index in [1.807, 2.05) is 43.5 Å². The highest BCUT2D eigenvalue weighted by Crippen LogP contribution is 2.31. The Labute approximate surface area is 223 Å². The first-order chi connectivity index (χ1) is 17.8. The zero-order valence-corrected chi connectivity index (χ0v) is 22.4. The van der Waals surface area contributed by atoms with Crippen molar-refractivity contribution < 1.29 is 24.4 Å². The van der Waals surface area contributed by atoms with Crippen LogP contribution in [-0.2, 0) is 19.5 Å². The first-order valence-electron chi connectivity index (χ1n) is 12.6. The van der Waals surface area contributed by atoms with Gasteiger partial charge in [-0.15, -0.1) is 0 Å². The van der Waals surface area contributed by atoms with Crippen LogP contribution in [0.25, 0.3) is 0 Å². The topological polar surface area (TPSA) is 89.2 Å². The van der Waals surface area contributed by atoms with Gasteiger partial charge in [-0.05, 0) is 48.7 Å². The van der Waals surface area contributed by atoms with Gasteiger partial charge < -0.3 is 29.0 Å². The highest BCUT2D eigenvalue weighted by atomic mass is 35.5. The Morgan fingerprint density at radius 1 is 1.14 bits per heavy atom. The summed E-state index contributed by atoms with van der Waals surface area (Å²) in [5, 5.41) is 22.4. The molecule has 1 fully saturated rings. The number of nitrogens with zero attached hydrogens (tertiary/aromatic N) is 3. The first kappa shape index (κ1) is 27.3. The summed E-state index contributed by atoms with van der Waals surface area (Å²) in [6, 6.07) is 11.3. The van der Waals surface area contributed by atoms with Crippen molar-refractivity contribution in [1.29, 1.82) is 0 Å². The second kappa shape index (κ2) is 12.2. The van der Waals surface area contributed by atoms with E-state index in [0.717, 1.165) is 23.4 Å². The molecule has 200 valence electrons. The number of hydrogen-bond acceptors (Lipinski definition) is 7. The Morgan fingerprint density at radius 2 is 1.97 bits per heavy atom. The molecule has 37 heavy (non-hydrogen) atoms. The van der Waals surface area contributed by atoms with E-state index in [2.05, 4.69) is 21.4 Å². The van der Waals surface area contributed by atoms with Gasteiger partial charge in [-0.3, -0.25) is 4.90 Å². The van der Waals surface area contributed by atoms with Crippen molar-refractivity contribution >= 4 is 11.6 Å². The third kappa shape index (κ3) is 6.76. The molecule has 1 aromatic heterocycles. The third-order valence-corrected chi connectivity index (χ3v) is 7.05. The Hall–Kier alpha value is -2.78. The van der Waals surface area contributed by atoms with Crippen molar-refractivity contribution in [3.63, 3.8) is 0 Å². The molecule has 0 radical (unpaired) electrons. The van der Waals surface area contributed by atoms with Gasteiger partial charge in [0.2, 0.25) is 0 Å². The first-order valence-corrected chi connectivity index (χ1v) is 13.0. The Kier molecular flexibility index (Phi) is 8.97. The summed E-state index contributed by atoms with van der Waals surface area (Å²) < 4.78 is 19.5. The zero-order valence-electron chi connectivity index (χ0n) is 21.7. The molecule has 8 nitrogen and oxygen atoms in total. The van der Waals surface area contributed by atoms with Gasteiger partial charge in [-0.25, -0.2) is 4.98 Å². The second-order valence-corrected chi connectivity index (χ2v) is 9.97. The molecule has 2 atom stereocenters. The van der Waals surface area contributed by atoms with Gasteiger partial charge in [0.15, 0.2) is 11.5 Å². The molecule has 9 heteroatoms. The molecule has 1 saturated heterocycles. The van der Waals surface area contributed by atoms with E-state index in [1.54, 1.807) is 19.4 Å². The molecule has 0 unspecified atom stereocenters. The summed E-state index contributed by atoms with van der Waals surface area (Å²) in [7, 11) is 1.62. The number of β-amino-alcohol motifs (C(OH)–C–C–N with tert-alkyl or cyclic N) is 1. The quantitative estimate of drug-likeness (QED) is 0.390. The second-order valence-electron chi connectivity index (χ2n) is 9.57. The fourth-order valence-electron chi connectivity index (χ4n) is 4.65.